The molecule has 0 N–H and O–H groups in total. The van der Waals surface area contributed by atoms with E-state index in [0.29, 0.717) is 6.42 Å². The van der Waals surface area contributed by atoms with Gasteiger partial charge in [0.2, 0.25) is 0 Å². The van der Waals surface area contributed by atoms with Gasteiger partial charge in [0, 0.05) is 0 Å². The number of halogens is 4. The van der Waals surface area contributed by atoms with Crippen LogP contribution in [0.2, 0.25) is 0 Å². The van der Waals surface area contributed by atoms with E-state index < -0.39 is 9.67 Å². The van der Waals surface area contributed by atoms with Crippen LogP contribution in [0.15, 0.2) is 0 Å². The minimum atomic E-state index is -4.11. The normalized spacial score (nSPS) is 14.8. The van der Waals surface area contributed by atoms with Gasteiger partial charge >= 0.3 is 5.51 Å². The van der Waals surface area contributed by atoms with Crippen LogP contribution in [0.4, 0.5) is 13.2 Å². The highest BCUT2D eigenvalue weighted by atomic mass is 79.9. The van der Waals surface area contributed by atoms with Gasteiger partial charge in [-0.15, -0.1) is 0 Å². The molecule has 0 heterocycles. The maximum Gasteiger partial charge on any atom is 0.442 e. The predicted octanol–water partition coefficient (Wildman–Crippen LogP) is 4.54. The van der Waals surface area contributed by atoms with Crippen molar-refractivity contribution in [2.24, 2.45) is 0 Å². The first-order valence-corrected chi connectivity index (χ1v) is 5.64. The first-order chi connectivity index (χ1) is 5.45. The molecule has 0 spiro atoms. The van der Waals surface area contributed by atoms with Crippen molar-refractivity contribution in [2.75, 3.05) is 0 Å². The summed E-state index contributed by atoms with van der Waals surface area (Å²) in [6.07, 6.45) is 3.48. The highest BCUT2D eigenvalue weighted by molar-refractivity contribution is 9.11. The summed E-state index contributed by atoms with van der Waals surface area (Å²) in [6, 6.07) is 0. The summed E-state index contributed by atoms with van der Waals surface area (Å²) in [5, 5.41) is 0. The lowest BCUT2D eigenvalue weighted by Crippen LogP contribution is -2.06. The van der Waals surface area contributed by atoms with E-state index in [1.54, 1.807) is 0 Å². The molecule has 0 saturated carbocycles. The van der Waals surface area contributed by atoms with Crippen LogP contribution in [-0.2, 0) is 0 Å². The van der Waals surface area contributed by atoms with Crippen LogP contribution < -0.4 is 0 Å². The second kappa shape index (κ2) is 6.13. The van der Waals surface area contributed by atoms with Crippen LogP contribution >= 0.6 is 27.7 Å². The van der Waals surface area contributed by atoms with Gasteiger partial charge in [-0.2, -0.15) is 13.2 Å². The van der Waals surface area contributed by atoms with Gasteiger partial charge in [0.15, 0.2) is 0 Å². The highest BCUT2D eigenvalue weighted by Gasteiger charge is 2.31. The van der Waals surface area contributed by atoms with E-state index in [-0.39, 0.29) is 11.8 Å². The van der Waals surface area contributed by atoms with Crippen molar-refractivity contribution in [3.63, 3.8) is 0 Å². The zero-order valence-electron chi connectivity index (χ0n) is 6.83. The van der Waals surface area contributed by atoms with Gasteiger partial charge < -0.3 is 0 Å². The van der Waals surface area contributed by atoms with Crippen molar-refractivity contribution in [3.8, 4) is 0 Å². The maximum absolute atomic E-state index is 11.7. The molecule has 0 rings (SSSR count). The van der Waals surface area contributed by atoms with E-state index in [4.69, 9.17) is 0 Å². The number of hydrogen-bond acceptors (Lipinski definition) is 1. The van der Waals surface area contributed by atoms with Crippen LogP contribution in [0.25, 0.3) is 0 Å². The minimum absolute atomic E-state index is 0.0238. The van der Waals surface area contributed by atoms with Crippen LogP contribution in [0, 0.1) is 0 Å². The van der Waals surface area contributed by atoms with Crippen molar-refractivity contribution in [2.45, 2.75) is 42.3 Å². The summed E-state index contributed by atoms with van der Waals surface area (Å²) >= 11 is 3.01. The van der Waals surface area contributed by atoms with E-state index >= 15 is 0 Å². The zero-order chi connectivity index (χ0) is 9.61. The molecule has 0 aromatic carbocycles. The van der Waals surface area contributed by atoms with Gasteiger partial charge in [-0.25, -0.2) is 0 Å². The van der Waals surface area contributed by atoms with Crippen LogP contribution in [0.3, 0.4) is 0 Å². The smallest absolute Gasteiger partial charge is 0.160 e. The molecule has 0 saturated heterocycles. The van der Waals surface area contributed by atoms with Gasteiger partial charge in [0.05, 0.1) is 4.16 Å². The Morgan fingerprint density at radius 2 is 1.92 bits per heavy atom. The average Bonchev–Trinajstić information content (AvgIpc) is 1.84. The van der Waals surface area contributed by atoms with E-state index in [1.807, 2.05) is 6.92 Å². The summed E-state index contributed by atoms with van der Waals surface area (Å²) in [7, 11) is 0. The summed E-state index contributed by atoms with van der Waals surface area (Å²) in [6.45, 7) is 2.03. The SMILES string of the molecule is CCCCCC(Br)SC(F)(F)F. The molecule has 0 aliphatic rings. The molecular weight excluding hydrogens is 253 g/mol. The van der Waals surface area contributed by atoms with Gasteiger partial charge in [-0.05, 0) is 18.2 Å². The van der Waals surface area contributed by atoms with Crippen LogP contribution in [0.1, 0.15) is 32.6 Å². The third-order valence-electron chi connectivity index (χ3n) is 1.30. The molecule has 0 bridgehead atoms. The Morgan fingerprint density at radius 1 is 1.33 bits per heavy atom. The Kier molecular flexibility index (Phi) is 6.45. The molecule has 0 aliphatic carbocycles. The van der Waals surface area contributed by atoms with Crippen molar-refractivity contribution in [3.05, 3.63) is 0 Å². The summed E-state index contributed by atoms with van der Waals surface area (Å²) in [5.41, 5.74) is -4.11. The van der Waals surface area contributed by atoms with E-state index in [0.717, 1.165) is 19.3 Å². The van der Waals surface area contributed by atoms with E-state index in [1.165, 1.54) is 0 Å². The molecule has 0 aromatic rings. The number of rotatable bonds is 5. The van der Waals surface area contributed by atoms with Gasteiger partial charge in [0.25, 0.3) is 0 Å². The van der Waals surface area contributed by atoms with Gasteiger partial charge in [-0.3, -0.25) is 0 Å². The monoisotopic (exact) mass is 264 g/mol. The molecule has 5 heteroatoms. The first-order valence-electron chi connectivity index (χ1n) is 3.84. The quantitative estimate of drug-likeness (QED) is 0.519. The Hall–Kier alpha value is 0.620. The maximum atomic E-state index is 11.7. The lowest BCUT2D eigenvalue weighted by molar-refractivity contribution is -0.0329. The number of unbranched alkanes of at least 4 members (excludes halogenated alkanes) is 2. The third kappa shape index (κ3) is 8.71. The van der Waals surface area contributed by atoms with Crippen molar-refractivity contribution < 1.29 is 13.2 Å². The van der Waals surface area contributed by atoms with Crippen molar-refractivity contribution in [1.29, 1.82) is 0 Å². The van der Waals surface area contributed by atoms with Crippen molar-refractivity contribution in [1.82, 2.24) is 0 Å². The fourth-order valence-electron chi connectivity index (χ4n) is 0.759. The summed E-state index contributed by atoms with van der Waals surface area (Å²) in [4.78, 5) is 0. The Labute approximate surface area is 83.4 Å². The fourth-order valence-corrected chi connectivity index (χ4v) is 2.29. The molecular formula is C7H12BrF3S. The highest BCUT2D eigenvalue weighted by Crippen LogP contribution is 2.38. The topological polar surface area (TPSA) is 0 Å². The fraction of sp³-hybridized carbons (Fsp3) is 1.00. The molecule has 0 aromatic heterocycles. The lowest BCUT2D eigenvalue weighted by Gasteiger charge is -2.10. The lowest BCUT2D eigenvalue weighted by atomic mass is 10.2. The Morgan fingerprint density at radius 3 is 2.33 bits per heavy atom. The first kappa shape index (κ1) is 12.6. The Bertz CT molecular complexity index is 116. The van der Waals surface area contributed by atoms with Crippen LogP contribution in [-0.4, -0.2) is 9.67 Å². The zero-order valence-corrected chi connectivity index (χ0v) is 9.23. The molecule has 1 unspecified atom stereocenters. The second-order valence-corrected chi connectivity index (χ2v) is 5.45. The van der Waals surface area contributed by atoms with Gasteiger partial charge in [0.1, 0.15) is 0 Å². The average molecular weight is 265 g/mol. The van der Waals surface area contributed by atoms with E-state index in [9.17, 15) is 13.2 Å². The van der Waals surface area contributed by atoms with E-state index in [2.05, 4.69) is 15.9 Å². The minimum Gasteiger partial charge on any atom is -0.160 e. The second-order valence-electron chi connectivity index (χ2n) is 2.47. The molecule has 1 atom stereocenters. The molecule has 0 nitrogen and oxygen atoms in total. The summed E-state index contributed by atoms with van der Waals surface area (Å²) in [5.74, 6) is 0. The number of thioether (sulfide) groups is 1. The molecule has 74 valence electrons. The molecule has 12 heavy (non-hydrogen) atoms. The third-order valence-corrected chi connectivity index (χ3v) is 3.07. The summed E-state index contributed by atoms with van der Waals surface area (Å²) < 4.78 is 34.8. The molecule has 0 radical (unpaired) electrons. The van der Waals surface area contributed by atoms with Crippen LogP contribution in [0.5, 0.6) is 0 Å². The largest absolute Gasteiger partial charge is 0.442 e. The molecule has 0 fully saturated rings. The predicted molar refractivity (Wildman–Crippen MR) is 50.5 cm³/mol. The number of hydrogen-bond donors (Lipinski definition) is 0. The van der Waals surface area contributed by atoms with Crippen molar-refractivity contribution >= 4 is 27.7 Å². The van der Waals surface area contributed by atoms with Gasteiger partial charge in [-0.1, -0.05) is 42.1 Å². The standard InChI is InChI=1S/C7H12BrF3S/c1-2-3-4-5-6(8)12-7(9,10)11/h6H,2-5H2,1H3. The number of alkyl halides is 4. The molecule has 0 aliphatic heterocycles. The Balaban J connectivity index is 3.40. The molecule has 0 amide bonds.